The maximum absolute atomic E-state index is 11.8. The largest absolute Gasteiger partial charge is 0.392 e. The lowest BCUT2D eigenvalue weighted by atomic mass is 10.2. The van der Waals surface area contributed by atoms with E-state index in [9.17, 15) is 47.9 Å². The normalized spacial score (nSPS) is 10.6. The first-order valence-corrected chi connectivity index (χ1v) is 40.0. The number of likely N-dealkylation sites (tertiary alicyclic amines) is 2. The summed E-state index contributed by atoms with van der Waals surface area (Å²) in [7, 11) is 30.2. The Balaban J connectivity index is -0.00000136. The number of aromatic nitrogens is 27. The van der Waals surface area contributed by atoms with Gasteiger partial charge in [0.25, 0.3) is 23.6 Å². The van der Waals surface area contributed by atoms with E-state index in [-0.39, 0.29) is 102 Å². The Kier molecular flexibility index (Phi) is 58.4. The van der Waals surface area contributed by atoms with Gasteiger partial charge in [0.2, 0.25) is 0 Å². The molecular weight excluding hydrogens is 1680 g/mol. The number of rotatable bonds is 14. The lowest BCUT2D eigenvalue weighted by Gasteiger charge is -2.14. The number of hydrogen-bond donors (Lipinski definition) is 1. The van der Waals surface area contributed by atoms with Crippen molar-refractivity contribution in [2.24, 2.45) is 91.6 Å². The van der Waals surface area contributed by atoms with Gasteiger partial charge < -0.3 is 24.7 Å². The Morgan fingerprint density at radius 3 is 0.885 bits per heavy atom. The van der Waals surface area contributed by atoms with Crippen molar-refractivity contribution < 1.29 is 53.1 Å². The molecule has 0 unspecified atom stereocenters. The molecule has 13 aromatic heterocycles. The topological polar surface area (TPSA) is 448 Å². The van der Waals surface area contributed by atoms with Crippen LogP contribution >= 0.6 is 0 Å². The summed E-state index contributed by atoms with van der Waals surface area (Å²) in [4.78, 5) is 117. The van der Waals surface area contributed by atoms with E-state index < -0.39 is 0 Å². The van der Waals surface area contributed by atoms with Crippen molar-refractivity contribution >= 4 is 58.3 Å². The molecule has 0 aromatic carbocycles. The van der Waals surface area contributed by atoms with Gasteiger partial charge in [-0.15, -0.1) is 5.10 Å². The van der Waals surface area contributed by atoms with Gasteiger partial charge in [-0.05, 0) is 82.3 Å². The number of hydrogen-bond acceptors (Lipinski definition) is 25. The second kappa shape index (κ2) is 63.5. The van der Waals surface area contributed by atoms with Gasteiger partial charge in [0, 0.05) is 264 Å². The van der Waals surface area contributed by atoms with Crippen molar-refractivity contribution in [1.82, 2.24) is 152 Å². The number of aryl methyl sites for hydroxylation is 14. The highest BCUT2D eigenvalue weighted by molar-refractivity contribution is 5.97. The van der Waals surface area contributed by atoms with Crippen LogP contribution in [0.15, 0.2) is 160 Å². The zero-order valence-corrected chi connectivity index (χ0v) is 76.9. The summed E-state index contributed by atoms with van der Waals surface area (Å²) in [6.45, 7) is 15.6. The molecule has 2 aliphatic rings. The number of amides is 4. The van der Waals surface area contributed by atoms with Gasteiger partial charge in [0.05, 0.1) is 77.8 Å². The minimum absolute atomic E-state index is 0. The van der Waals surface area contributed by atoms with Gasteiger partial charge in [-0.2, -0.15) is 61.2 Å². The van der Waals surface area contributed by atoms with E-state index in [1.807, 2.05) is 68.8 Å². The van der Waals surface area contributed by atoms with E-state index in [1.54, 1.807) is 296 Å². The summed E-state index contributed by atoms with van der Waals surface area (Å²) in [6, 6.07) is 10.6. The van der Waals surface area contributed by atoms with Crippen LogP contribution in [0.25, 0.3) is 0 Å². The molecule has 0 spiro atoms. The first-order chi connectivity index (χ1) is 59.7. The lowest BCUT2D eigenvalue weighted by Crippen LogP contribution is -2.29. The maximum atomic E-state index is 11.8. The molecule has 2 fully saturated rings. The zero-order valence-electron chi connectivity index (χ0n) is 76.9. The van der Waals surface area contributed by atoms with Crippen LogP contribution in [0.3, 0.4) is 0 Å². The molecule has 131 heavy (non-hydrogen) atoms. The van der Waals surface area contributed by atoms with Crippen molar-refractivity contribution in [3.05, 3.63) is 228 Å². The molecule has 4 amide bonds. The van der Waals surface area contributed by atoms with E-state index in [1.165, 1.54) is 43.2 Å². The molecule has 720 valence electrons. The SMILES string of the molecule is C.C.C.C.C.CC(=O)c1ccnn1C.CC(=O)c1ccnn1C.CC(=O)c1cnn(C)c1.CC(=O)c1cnn(C)c1.CCC(=O)c1ccnn1C.CCC(=O)c1cnn(C)c1.CCc1ccnn1C.CN(C)C(=O)c1ccnn1C.CN(C)C(=O)c1cnn(C)c1.Cn1cc(C(=O)N2CCCC2)cn1.Cn1cc(CO)cn1.Cn1ccnn1.Cn1nccc1C(=O)N1CCCC1. The summed E-state index contributed by atoms with van der Waals surface area (Å²) >= 11 is 0. The minimum Gasteiger partial charge on any atom is -0.392 e. The predicted octanol–water partition coefficient (Wildman–Crippen LogP) is 9.96. The van der Waals surface area contributed by atoms with Gasteiger partial charge in [0.15, 0.2) is 34.7 Å². The number of carbonyl (C=O) groups is 10. The van der Waals surface area contributed by atoms with E-state index in [2.05, 4.69) is 78.4 Å². The zero-order chi connectivity index (χ0) is 94.3. The molecular formula is C89H143N31O11. The molecule has 42 heteroatoms. The van der Waals surface area contributed by atoms with Gasteiger partial charge in [-0.1, -0.05) is 63.1 Å². The van der Waals surface area contributed by atoms with Crippen LogP contribution in [0, 0.1) is 0 Å². The minimum atomic E-state index is -0.0231. The summed E-state index contributed by atoms with van der Waals surface area (Å²) < 4.78 is 21.2. The molecule has 15 heterocycles. The fraction of sp³-hybridized carbons (Fsp3) is 0.461. The van der Waals surface area contributed by atoms with E-state index in [0.717, 1.165) is 63.8 Å². The molecule has 2 aliphatic heterocycles. The fourth-order valence-electron chi connectivity index (χ4n) is 10.7. The highest BCUT2D eigenvalue weighted by Gasteiger charge is 2.23. The van der Waals surface area contributed by atoms with Crippen molar-refractivity contribution in [3.63, 3.8) is 0 Å². The number of aliphatic hydroxyl groups excluding tert-OH is 1. The van der Waals surface area contributed by atoms with Gasteiger partial charge in [0.1, 0.15) is 28.5 Å². The van der Waals surface area contributed by atoms with E-state index >= 15 is 0 Å². The van der Waals surface area contributed by atoms with Crippen molar-refractivity contribution in [2.45, 2.75) is 137 Å². The Labute approximate surface area is 770 Å². The number of ketones is 6. The number of nitrogens with zero attached hydrogens (tertiary/aromatic N) is 31. The van der Waals surface area contributed by atoms with Crippen molar-refractivity contribution in [1.29, 1.82) is 0 Å². The number of Topliss-reactive ketones (excluding diaryl/α,β-unsaturated/α-hetero) is 6. The van der Waals surface area contributed by atoms with Crippen LogP contribution in [0.5, 0.6) is 0 Å². The van der Waals surface area contributed by atoms with Crippen LogP contribution in [0.1, 0.15) is 240 Å². The molecule has 0 aliphatic carbocycles. The number of aliphatic hydroxyl groups is 1. The molecule has 13 aromatic rings. The highest BCUT2D eigenvalue weighted by atomic mass is 16.3. The van der Waals surface area contributed by atoms with Crippen LogP contribution in [-0.4, -0.2) is 270 Å². The average Bonchev–Trinajstić information content (AvgIpc) is 1.71. The lowest BCUT2D eigenvalue weighted by molar-refractivity contribution is 0.0777. The molecule has 0 atom stereocenters. The van der Waals surface area contributed by atoms with Crippen LogP contribution in [0.4, 0.5) is 0 Å². The molecule has 1 N–H and O–H groups in total. The first kappa shape index (κ1) is 121. The molecule has 42 nitrogen and oxygen atoms in total. The molecule has 0 radical (unpaired) electrons. The first-order valence-electron chi connectivity index (χ1n) is 40.0. The molecule has 0 bridgehead atoms. The van der Waals surface area contributed by atoms with Crippen LogP contribution < -0.4 is 0 Å². The summed E-state index contributed by atoms with van der Waals surface area (Å²) in [6.07, 6.45) is 39.9. The van der Waals surface area contributed by atoms with E-state index in [0.29, 0.717) is 69.1 Å². The maximum Gasteiger partial charge on any atom is 0.272 e. The third-order valence-electron chi connectivity index (χ3n) is 17.7. The fourth-order valence-corrected chi connectivity index (χ4v) is 10.7. The Morgan fingerprint density at radius 2 is 0.649 bits per heavy atom. The van der Waals surface area contributed by atoms with Gasteiger partial charge >= 0.3 is 0 Å². The second-order valence-electron chi connectivity index (χ2n) is 28.4. The molecule has 2 saturated heterocycles. The van der Waals surface area contributed by atoms with E-state index in [4.69, 9.17) is 5.11 Å². The smallest absolute Gasteiger partial charge is 0.272 e. The van der Waals surface area contributed by atoms with Crippen molar-refractivity contribution in [3.8, 4) is 0 Å². The Morgan fingerprint density at radius 1 is 0.328 bits per heavy atom. The third kappa shape index (κ3) is 43.7. The molecule has 15 rings (SSSR count). The predicted molar refractivity (Wildman–Crippen MR) is 504 cm³/mol. The molecule has 0 saturated carbocycles. The average molecular weight is 1820 g/mol. The Bertz CT molecular complexity index is 5320. The van der Waals surface area contributed by atoms with Gasteiger partial charge in [-0.3, -0.25) is 109 Å². The van der Waals surface area contributed by atoms with Gasteiger partial charge in [-0.25, -0.2) is 0 Å². The summed E-state index contributed by atoms with van der Waals surface area (Å²) in [5.74, 6) is 0.690. The standard InChI is InChI=1S/2C9H13N3O.2C7H11N3O.2C7H10N2O.4C6H8N2O.C6H10N2.C5H8N2O.C3H5N3.5CH4/c1-11-8(4-5-10-11)9(13)12-6-2-3-7-12;1-11-7-8(6-10-11)9(13)12-4-2-3-5-12;1-9(2)7(11)6-4-8-10(3)5-6;1-9(2)7(11)6-4-5-8-10(6)3;1-3-7(10)6-4-8-9(2)5-6;1-3-7(10)6-4-5-8-9(6)2;2*1-5(9)6-3-7-8(2)4-6;2*1-5(9)6-3-4-7-8(6)2;1-3-6-4-5-7-8(6)2;1-7-3-5(4-8)2-6-7;1-6-3-2-4-5-6;;;;;/h4-5H,2-3,6-7H2,1H3;6-7H,2-5H2,1H3;2*4-5H,1-3H3;2*4-5H,3H2,1-2H3;4*3-4H,1-2H3;4-5H,3H2,1-2H3;2-3,8H,4H2,1H3;2-3H,1H3;5*1H4. The quantitative estimate of drug-likeness (QED) is 0.0989. The van der Waals surface area contributed by atoms with Crippen LogP contribution in [0.2, 0.25) is 0 Å². The Hall–Kier alpha value is -14.5. The van der Waals surface area contributed by atoms with Crippen LogP contribution in [-0.2, 0) is 105 Å². The third-order valence-corrected chi connectivity index (χ3v) is 17.7. The summed E-state index contributed by atoms with van der Waals surface area (Å²) in [5.41, 5.74) is 8.75. The second-order valence-corrected chi connectivity index (χ2v) is 28.4. The van der Waals surface area contributed by atoms with Crippen molar-refractivity contribution in [2.75, 3.05) is 54.4 Å². The summed E-state index contributed by atoms with van der Waals surface area (Å²) in [5, 5.41) is 62.3. The monoisotopic (exact) mass is 1820 g/mol. The number of carbonyl (C=O) groups excluding carboxylic acids is 10. The highest BCUT2D eigenvalue weighted by Crippen LogP contribution is 2.14.